The van der Waals surface area contributed by atoms with Crippen LogP contribution in [-0.2, 0) is 14.8 Å². The zero-order valence-corrected chi connectivity index (χ0v) is 17.8. The van der Waals surface area contributed by atoms with Gasteiger partial charge in [0.2, 0.25) is 15.9 Å². The molecule has 0 saturated carbocycles. The van der Waals surface area contributed by atoms with E-state index in [1.54, 1.807) is 25.1 Å². The molecule has 0 heterocycles. The molecule has 1 N–H and O–H groups in total. The smallest absolute Gasteiger partial charge is 0.244 e. The maximum atomic E-state index is 13.2. The van der Waals surface area contributed by atoms with E-state index in [4.69, 9.17) is 9.47 Å². The van der Waals surface area contributed by atoms with Gasteiger partial charge in [-0.15, -0.1) is 0 Å². The molecule has 0 radical (unpaired) electrons. The molecule has 29 heavy (non-hydrogen) atoms. The molecule has 2 aromatic carbocycles. The normalized spacial score (nSPS) is 13.3. The predicted molar refractivity (Wildman–Crippen MR) is 109 cm³/mol. The summed E-state index contributed by atoms with van der Waals surface area (Å²) in [7, 11) is -0.741. The van der Waals surface area contributed by atoms with Crippen LogP contribution < -0.4 is 19.1 Å². The number of anilines is 1. The third-order valence-corrected chi connectivity index (χ3v) is 5.68. The third kappa shape index (κ3) is 5.38. The number of hydrogen-bond acceptors (Lipinski definition) is 5. The lowest BCUT2D eigenvalue weighted by Gasteiger charge is -2.29. The van der Waals surface area contributed by atoms with Gasteiger partial charge in [-0.25, -0.2) is 12.8 Å². The van der Waals surface area contributed by atoms with Gasteiger partial charge in [0.05, 0.1) is 32.2 Å². The Morgan fingerprint density at radius 3 is 2.14 bits per heavy atom. The summed E-state index contributed by atoms with van der Waals surface area (Å²) in [5.41, 5.74) is 0.964. The highest BCUT2D eigenvalue weighted by Gasteiger charge is 2.30. The number of carbonyl (C=O) groups excluding carboxylic acids is 1. The molecule has 0 aliphatic heterocycles. The Labute approximate surface area is 170 Å². The lowest BCUT2D eigenvalue weighted by atomic mass is 10.1. The number of halogens is 1. The highest BCUT2D eigenvalue weighted by Crippen LogP contribution is 2.30. The summed E-state index contributed by atoms with van der Waals surface area (Å²) in [6.07, 6.45) is 0.998. The fourth-order valence-electron chi connectivity index (χ4n) is 2.94. The number of hydrogen-bond donors (Lipinski definition) is 1. The summed E-state index contributed by atoms with van der Waals surface area (Å²) in [6, 6.07) is 8.71. The summed E-state index contributed by atoms with van der Waals surface area (Å²) in [6.45, 7) is 3.25. The largest absolute Gasteiger partial charge is 0.493 e. The molecule has 2 rings (SSSR count). The lowest BCUT2D eigenvalue weighted by Crippen LogP contribution is -2.48. The lowest BCUT2D eigenvalue weighted by molar-refractivity contribution is -0.122. The second kappa shape index (κ2) is 9.13. The highest BCUT2D eigenvalue weighted by molar-refractivity contribution is 7.92. The number of rotatable bonds is 8. The van der Waals surface area contributed by atoms with Crippen molar-refractivity contribution in [2.75, 3.05) is 24.8 Å². The first-order chi connectivity index (χ1) is 13.6. The number of benzene rings is 2. The van der Waals surface area contributed by atoms with Crippen LogP contribution in [0.5, 0.6) is 11.5 Å². The molecule has 0 aliphatic carbocycles. The van der Waals surface area contributed by atoms with E-state index in [0.717, 1.165) is 28.3 Å². The molecule has 2 aromatic rings. The molecule has 0 aliphatic rings. The van der Waals surface area contributed by atoms with Crippen molar-refractivity contribution in [3.05, 3.63) is 53.8 Å². The molecular formula is C20H25FN2O5S. The number of nitrogens with zero attached hydrogens (tertiary/aromatic N) is 1. The molecule has 7 nitrogen and oxygen atoms in total. The van der Waals surface area contributed by atoms with Gasteiger partial charge in [0.15, 0.2) is 11.5 Å². The van der Waals surface area contributed by atoms with Gasteiger partial charge in [-0.05, 0) is 55.8 Å². The number of sulfonamides is 1. The molecule has 0 unspecified atom stereocenters. The molecule has 0 spiro atoms. The molecule has 2 atom stereocenters. The van der Waals surface area contributed by atoms with Crippen molar-refractivity contribution in [3.63, 3.8) is 0 Å². The predicted octanol–water partition coefficient (Wildman–Crippen LogP) is 2.87. The van der Waals surface area contributed by atoms with Crippen LogP contribution in [0.3, 0.4) is 0 Å². The average Bonchev–Trinajstić information content (AvgIpc) is 2.67. The van der Waals surface area contributed by atoms with Gasteiger partial charge in [-0.1, -0.05) is 6.07 Å². The Morgan fingerprint density at radius 1 is 1.03 bits per heavy atom. The molecule has 158 valence electrons. The van der Waals surface area contributed by atoms with Crippen LogP contribution >= 0.6 is 0 Å². The molecule has 9 heteroatoms. The Kier molecular flexibility index (Phi) is 7.07. The van der Waals surface area contributed by atoms with E-state index in [-0.39, 0.29) is 5.69 Å². The quantitative estimate of drug-likeness (QED) is 0.704. The minimum atomic E-state index is -3.78. The van der Waals surface area contributed by atoms with E-state index in [1.165, 1.54) is 33.3 Å². The maximum Gasteiger partial charge on any atom is 0.244 e. The number of amides is 1. The van der Waals surface area contributed by atoms with Crippen LogP contribution in [0.4, 0.5) is 10.1 Å². The maximum absolute atomic E-state index is 13.2. The topological polar surface area (TPSA) is 84.9 Å². The van der Waals surface area contributed by atoms with Crippen molar-refractivity contribution in [2.24, 2.45) is 0 Å². The molecule has 1 amide bonds. The van der Waals surface area contributed by atoms with Crippen LogP contribution in [0, 0.1) is 5.82 Å². The van der Waals surface area contributed by atoms with Gasteiger partial charge in [-0.2, -0.15) is 0 Å². The molecule has 0 bridgehead atoms. The first kappa shape index (κ1) is 22.5. The minimum absolute atomic E-state index is 0.204. The summed E-state index contributed by atoms with van der Waals surface area (Å²) >= 11 is 0. The van der Waals surface area contributed by atoms with Gasteiger partial charge < -0.3 is 14.8 Å². The fourth-order valence-corrected chi connectivity index (χ4v) is 4.11. The van der Waals surface area contributed by atoms with Crippen molar-refractivity contribution in [1.82, 2.24) is 5.32 Å². The van der Waals surface area contributed by atoms with Crippen molar-refractivity contribution in [2.45, 2.75) is 25.9 Å². The third-order valence-electron chi connectivity index (χ3n) is 4.44. The minimum Gasteiger partial charge on any atom is -0.493 e. The van der Waals surface area contributed by atoms with Crippen LogP contribution in [0.1, 0.15) is 25.5 Å². The standard InChI is InChI=1S/C20H25FN2O5S/c1-13(15-6-11-18(27-3)19(12-15)28-4)22-20(24)14(2)23(29(5,25)26)17-9-7-16(21)8-10-17/h6-14H,1-5H3,(H,22,24)/t13-,14+/m0/s1. The van der Waals surface area contributed by atoms with Gasteiger partial charge in [0, 0.05) is 0 Å². The second-order valence-corrected chi connectivity index (χ2v) is 8.42. The van der Waals surface area contributed by atoms with E-state index < -0.39 is 33.8 Å². The van der Waals surface area contributed by atoms with Crippen molar-refractivity contribution in [3.8, 4) is 11.5 Å². The summed E-state index contributed by atoms with van der Waals surface area (Å²) in [5, 5.41) is 2.80. The number of carbonyl (C=O) groups is 1. The van der Waals surface area contributed by atoms with Crippen LogP contribution in [-0.4, -0.2) is 40.8 Å². The molecule has 0 aromatic heterocycles. The van der Waals surface area contributed by atoms with E-state index in [9.17, 15) is 17.6 Å². The van der Waals surface area contributed by atoms with Crippen LogP contribution in [0.25, 0.3) is 0 Å². The van der Waals surface area contributed by atoms with Crippen molar-refractivity contribution in [1.29, 1.82) is 0 Å². The zero-order chi connectivity index (χ0) is 21.8. The van der Waals surface area contributed by atoms with Crippen LogP contribution in [0.15, 0.2) is 42.5 Å². The summed E-state index contributed by atoms with van der Waals surface area (Å²) in [4.78, 5) is 12.8. The zero-order valence-electron chi connectivity index (χ0n) is 17.0. The first-order valence-electron chi connectivity index (χ1n) is 8.85. The van der Waals surface area contributed by atoms with E-state index >= 15 is 0 Å². The van der Waals surface area contributed by atoms with Crippen LogP contribution in [0.2, 0.25) is 0 Å². The van der Waals surface area contributed by atoms with Gasteiger partial charge in [0.25, 0.3) is 0 Å². The number of methoxy groups -OCH3 is 2. The molecule has 0 fully saturated rings. The fraction of sp³-hybridized carbons (Fsp3) is 0.350. The Hall–Kier alpha value is -2.81. The van der Waals surface area contributed by atoms with Crippen molar-refractivity contribution >= 4 is 21.6 Å². The SMILES string of the molecule is COc1ccc([C@H](C)NC(=O)[C@@H](C)N(c2ccc(F)cc2)S(C)(=O)=O)cc1OC. The van der Waals surface area contributed by atoms with E-state index in [1.807, 2.05) is 0 Å². The molecular weight excluding hydrogens is 399 g/mol. The van der Waals surface area contributed by atoms with Gasteiger partial charge in [0.1, 0.15) is 11.9 Å². The first-order valence-corrected chi connectivity index (χ1v) is 10.7. The molecule has 0 saturated heterocycles. The monoisotopic (exact) mass is 424 g/mol. The average molecular weight is 424 g/mol. The Balaban J connectivity index is 2.24. The summed E-state index contributed by atoms with van der Waals surface area (Å²) in [5.74, 6) is 0.0781. The van der Waals surface area contributed by atoms with Gasteiger partial charge >= 0.3 is 0 Å². The Morgan fingerprint density at radius 2 is 1.62 bits per heavy atom. The highest BCUT2D eigenvalue weighted by atomic mass is 32.2. The number of nitrogens with one attached hydrogen (secondary N) is 1. The number of ether oxygens (including phenoxy) is 2. The van der Waals surface area contributed by atoms with E-state index in [0.29, 0.717) is 11.5 Å². The van der Waals surface area contributed by atoms with Crippen molar-refractivity contribution < 1.29 is 27.1 Å². The summed E-state index contributed by atoms with van der Waals surface area (Å²) < 4.78 is 49.2. The van der Waals surface area contributed by atoms with Gasteiger partial charge in [-0.3, -0.25) is 9.10 Å². The second-order valence-electron chi connectivity index (χ2n) is 6.56. The van der Waals surface area contributed by atoms with E-state index in [2.05, 4.69) is 5.32 Å². The Bertz CT molecular complexity index is 963.